The lowest BCUT2D eigenvalue weighted by atomic mass is 9.81. The number of carbonyl (C=O) groups excluding carboxylic acids is 2. The summed E-state index contributed by atoms with van der Waals surface area (Å²) in [6.07, 6.45) is 8.75. The van der Waals surface area contributed by atoms with Gasteiger partial charge in [0.05, 0.1) is 6.17 Å². The number of carbonyl (C=O) groups is 2. The summed E-state index contributed by atoms with van der Waals surface area (Å²) in [7, 11) is 0. The fourth-order valence-electron chi connectivity index (χ4n) is 5.94. The minimum Gasteiger partial charge on any atom is -0.369 e. The zero-order valence-electron chi connectivity index (χ0n) is 18.3. The van der Waals surface area contributed by atoms with E-state index in [-0.39, 0.29) is 30.1 Å². The molecule has 1 aromatic rings. The summed E-state index contributed by atoms with van der Waals surface area (Å²) in [6.45, 7) is 3.39. The van der Waals surface area contributed by atoms with Crippen molar-refractivity contribution >= 4 is 17.8 Å². The topological polar surface area (TPSA) is 121 Å². The highest BCUT2D eigenvalue weighted by Gasteiger charge is 2.47. The first kappa shape index (κ1) is 20.7. The summed E-state index contributed by atoms with van der Waals surface area (Å²) >= 11 is 0. The maximum atomic E-state index is 12.6. The van der Waals surface area contributed by atoms with Gasteiger partial charge < -0.3 is 10.6 Å². The minimum absolute atomic E-state index is 0.0877. The van der Waals surface area contributed by atoms with E-state index in [0.717, 1.165) is 31.0 Å². The number of primary amides is 1. The number of aromatic nitrogens is 3. The molecule has 170 valence electrons. The summed E-state index contributed by atoms with van der Waals surface area (Å²) in [5.74, 6) is 2.27. The van der Waals surface area contributed by atoms with Crippen LogP contribution in [0.1, 0.15) is 70.2 Å². The van der Waals surface area contributed by atoms with Crippen LogP contribution >= 0.6 is 0 Å². The number of nitrogens with two attached hydrogens (primary N) is 1. The normalized spacial score (nSPS) is 30.6. The van der Waals surface area contributed by atoms with Crippen molar-refractivity contribution in [3.8, 4) is 0 Å². The molecule has 3 aliphatic heterocycles. The molecule has 5 rings (SSSR count). The third-order valence-electron chi connectivity index (χ3n) is 7.56. The maximum absolute atomic E-state index is 12.6. The van der Waals surface area contributed by atoms with Gasteiger partial charge in [-0.2, -0.15) is 0 Å². The zero-order valence-corrected chi connectivity index (χ0v) is 18.3. The molecule has 0 spiro atoms. The van der Waals surface area contributed by atoms with Crippen molar-refractivity contribution in [2.45, 2.75) is 83.1 Å². The lowest BCUT2D eigenvalue weighted by Gasteiger charge is -2.44. The second-order valence-corrected chi connectivity index (χ2v) is 9.55. The number of piperidine rings is 1. The molecule has 4 N–H and O–H groups in total. The Bertz CT molecular complexity index is 833. The van der Waals surface area contributed by atoms with Gasteiger partial charge in [0.1, 0.15) is 12.0 Å². The van der Waals surface area contributed by atoms with Gasteiger partial charge in [0.2, 0.25) is 17.8 Å². The molecular formula is C21H34N8O2. The van der Waals surface area contributed by atoms with Gasteiger partial charge in [-0.05, 0) is 39.0 Å². The van der Waals surface area contributed by atoms with E-state index in [1.54, 1.807) is 0 Å². The number of hydrogen-bond donors (Lipinski definition) is 3. The molecule has 1 aromatic heterocycles. The molecule has 4 unspecified atom stereocenters. The number of anilines is 1. The second kappa shape index (κ2) is 8.38. The molecule has 3 fully saturated rings. The lowest BCUT2D eigenvalue weighted by molar-refractivity contribution is -0.134. The van der Waals surface area contributed by atoms with Crippen molar-refractivity contribution in [3.05, 3.63) is 5.82 Å². The highest BCUT2D eigenvalue weighted by atomic mass is 16.2. The van der Waals surface area contributed by atoms with E-state index >= 15 is 0 Å². The van der Waals surface area contributed by atoms with Gasteiger partial charge in [-0.25, -0.2) is 5.43 Å². The van der Waals surface area contributed by atoms with Crippen molar-refractivity contribution < 1.29 is 9.59 Å². The largest absolute Gasteiger partial charge is 0.369 e. The summed E-state index contributed by atoms with van der Waals surface area (Å²) in [5.41, 5.74) is 8.89. The van der Waals surface area contributed by atoms with E-state index in [9.17, 15) is 9.59 Å². The molecule has 1 saturated carbocycles. The highest BCUT2D eigenvalue weighted by Crippen LogP contribution is 2.44. The number of hydrazine groups is 1. The molecule has 10 heteroatoms. The van der Waals surface area contributed by atoms with Crippen LogP contribution in [0.5, 0.6) is 0 Å². The third-order valence-corrected chi connectivity index (χ3v) is 7.56. The van der Waals surface area contributed by atoms with Crippen molar-refractivity contribution in [1.29, 1.82) is 0 Å². The van der Waals surface area contributed by atoms with E-state index in [4.69, 9.17) is 5.73 Å². The Labute approximate surface area is 182 Å². The SMILES string of the molecule is CC1NC2C3CCCCC3n3c(CCCC(=O)N4CCC(C(N)=O)CC4)nnc3N2N1. The smallest absolute Gasteiger partial charge is 0.243 e. The van der Waals surface area contributed by atoms with E-state index in [1.807, 2.05) is 4.90 Å². The van der Waals surface area contributed by atoms with Gasteiger partial charge >= 0.3 is 0 Å². The van der Waals surface area contributed by atoms with Crippen LogP contribution in [0.25, 0.3) is 0 Å². The molecular weight excluding hydrogens is 396 g/mol. The van der Waals surface area contributed by atoms with Crippen LogP contribution in [0, 0.1) is 11.8 Å². The van der Waals surface area contributed by atoms with Crippen LogP contribution in [0.3, 0.4) is 0 Å². The monoisotopic (exact) mass is 430 g/mol. The Morgan fingerprint density at radius 3 is 2.68 bits per heavy atom. The fraction of sp³-hybridized carbons (Fsp3) is 0.810. The minimum atomic E-state index is -0.246. The number of hydrogen-bond acceptors (Lipinski definition) is 7. The van der Waals surface area contributed by atoms with Crippen LogP contribution < -0.4 is 21.5 Å². The van der Waals surface area contributed by atoms with Gasteiger partial charge in [-0.15, -0.1) is 10.2 Å². The van der Waals surface area contributed by atoms with Gasteiger partial charge in [-0.3, -0.25) is 24.5 Å². The van der Waals surface area contributed by atoms with Crippen LogP contribution in [0.2, 0.25) is 0 Å². The standard InChI is InChI=1S/C21H34N8O2/c1-13-23-20-15-5-2-3-6-16(15)28-17(24-25-21(28)29(20)26-13)7-4-8-18(30)27-11-9-14(10-12-27)19(22)31/h13-16,20,23,26H,2-12H2,1H3,(H2,22,31). The molecule has 0 aromatic carbocycles. The Balaban J connectivity index is 1.23. The number of aryl methyl sites for hydroxylation is 1. The van der Waals surface area contributed by atoms with Gasteiger partial charge in [0.15, 0.2) is 0 Å². The zero-order chi connectivity index (χ0) is 21.5. The maximum Gasteiger partial charge on any atom is 0.243 e. The second-order valence-electron chi connectivity index (χ2n) is 9.55. The quantitative estimate of drug-likeness (QED) is 0.627. The predicted octanol–water partition coefficient (Wildman–Crippen LogP) is 0.656. The van der Waals surface area contributed by atoms with Crippen molar-refractivity contribution in [2.24, 2.45) is 17.6 Å². The van der Waals surface area contributed by atoms with Gasteiger partial charge in [-0.1, -0.05) is 12.8 Å². The Morgan fingerprint density at radius 1 is 1.13 bits per heavy atom. The van der Waals surface area contributed by atoms with E-state index in [0.29, 0.717) is 44.3 Å². The van der Waals surface area contributed by atoms with Gasteiger partial charge in [0, 0.05) is 43.8 Å². The Morgan fingerprint density at radius 2 is 1.90 bits per heavy atom. The number of nitrogens with zero attached hydrogens (tertiary/aromatic N) is 5. The number of fused-ring (bicyclic) bond motifs is 6. The lowest BCUT2D eigenvalue weighted by Crippen LogP contribution is -2.53. The number of nitrogens with one attached hydrogen (secondary N) is 2. The number of amides is 2. The Hall–Kier alpha value is -2.20. The van der Waals surface area contributed by atoms with Crippen LogP contribution in [-0.2, 0) is 16.0 Å². The van der Waals surface area contributed by atoms with Gasteiger partial charge in [0.25, 0.3) is 0 Å². The van der Waals surface area contributed by atoms with Crippen LogP contribution in [0.4, 0.5) is 5.95 Å². The average Bonchev–Trinajstić information content (AvgIpc) is 3.37. The molecule has 31 heavy (non-hydrogen) atoms. The molecule has 1 aliphatic carbocycles. The molecule has 4 heterocycles. The summed E-state index contributed by atoms with van der Waals surface area (Å²) in [5, 5.41) is 14.9. The van der Waals surface area contributed by atoms with Crippen molar-refractivity contribution in [2.75, 3.05) is 18.1 Å². The number of likely N-dealkylation sites (tertiary alicyclic amines) is 1. The molecule has 4 aliphatic rings. The number of rotatable bonds is 5. The fourth-order valence-corrected chi connectivity index (χ4v) is 5.94. The summed E-state index contributed by atoms with van der Waals surface area (Å²) in [4.78, 5) is 25.9. The first-order valence-corrected chi connectivity index (χ1v) is 11.8. The molecule has 2 amide bonds. The highest BCUT2D eigenvalue weighted by molar-refractivity contribution is 5.78. The molecule has 4 atom stereocenters. The van der Waals surface area contributed by atoms with Crippen molar-refractivity contribution in [1.82, 2.24) is 30.4 Å². The van der Waals surface area contributed by atoms with E-state index in [2.05, 4.69) is 37.4 Å². The average molecular weight is 431 g/mol. The predicted molar refractivity (Wildman–Crippen MR) is 114 cm³/mol. The van der Waals surface area contributed by atoms with Crippen LogP contribution in [0.15, 0.2) is 0 Å². The molecule has 10 nitrogen and oxygen atoms in total. The first-order valence-electron chi connectivity index (χ1n) is 11.8. The van der Waals surface area contributed by atoms with Crippen molar-refractivity contribution in [3.63, 3.8) is 0 Å². The van der Waals surface area contributed by atoms with E-state index in [1.165, 1.54) is 19.3 Å². The molecule has 0 bridgehead atoms. The molecule has 2 saturated heterocycles. The molecule has 0 radical (unpaired) electrons. The third kappa shape index (κ3) is 3.80. The summed E-state index contributed by atoms with van der Waals surface area (Å²) in [6, 6.07) is 0.429. The first-order chi connectivity index (χ1) is 15.0. The van der Waals surface area contributed by atoms with E-state index < -0.39 is 0 Å². The van der Waals surface area contributed by atoms with Crippen LogP contribution in [-0.4, -0.2) is 56.9 Å². The summed E-state index contributed by atoms with van der Waals surface area (Å²) < 4.78 is 2.34. The Kier molecular flexibility index (Phi) is 5.60.